The van der Waals surface area contributed by atoms with Crippen molar-refractivity contribution >= 4 is 31.7 Å². The van der Waals surface area contributed by atoms with Crippen molar-refractivity contribution in [2.45, 2.75) is 35.3 Å². The van der Waals surface area contributed by atoms with E-state index in [4.69, 9.17) is 5.73 Å². The second kappa shape index (κ2) is 4.66. The van der Waals surface area contributed by atoms with E-state index in [1.807, 2.05) is 0 Å². The van der Waals surface area contributed by atoms with Gasteiger partial charge in [-0.25, -0.2) is 8.42 Å². The van der Waals surface area contributed by atoms with Gasteiger partial charge < -0.3 is 5.73 Å². The standard InChI is InChI=1S/C12H14BrNO3S/c13-9-5-1-2-6-10(9)18(16,17)12(11(14)15)7-3-4-8-12/h1-2,5-6H,3-4,7-8H2,(H2,14,15). The third-order valence-electron chi connectivity index (χ3n) is 3.50. The molecule has 0 radical (unpaired) electrons. The van der Waals surface area contributed by atoms with Crippen LogP contribution in [-0.4, -0.2) is 19.1 Å². The largest absolute Gasteiger partial charge is 0.368 e. The van der Waals surface area contributed by atoms with Crippen LogP contribution in [0.1, 0.15) is 25.7 Å². The average molecular weight is 332 g/mol. The van der Waals surface area contributed by atoms with E-state index in [1.54, 1.807) is 18.2 Å². The molecular formula is C12H14BrNO3S. The van der Waals surface area contributed by atoms with Crippen LogP contribution in [0.2, 0.25) is 0 Å². The fourth-order valence-electron chi connectivity index (χ4n) is 2.47. The molecule has 2 N–H and O–H groups in total. The zero-order chi connectivity index (χ0) is 13.4. The van der Waals surface area contributed by atoms with Crippen LogP contribution in [0.25, 0.3) is 0 Å². The number of primary amides is 1. The molecular weight excluding hydrogens is 318 g/mol. The van der Waals surface area contributed by atoms with Crippen LogP contribution >= 0.6 is 15.9 Å². The summed E-state index contributed by atoms with van der Waals surface area (Å²) >= 11 is 3.22. The number of hydrogen-bond donors (Lipinski definition) is 1. The average Bonchev–Trinajstić information content (AvgIpc) is 2.79. The summed E-state index contributed by atoms with van der Waals surface area (Å²) in [4.78, 5) is 11.8. The minimum atomic E-state index is -3.75. The monoisotopic (exact) mass is 331 g/mol. The number of benzene rings is 1. The van der Waals surface area contributed by atoms with E-state index in [2.05, 4.69) is 15.9 Å². The third-order valence-corrected chi connectivity index (χ3v) is 7.03. The van der Waals surface area contributed by atoms with E-state index in [1.165, 1.54) is 6.07 Å². The Labute approximate surface area is 115 Å². The number of carbonyl (C=O) groups is 1. The molecule has 0 heterocycles. The number of carbonyl (C=O) groups excluding carboxylic acids is 1. The molecule has 1 aromatic rings. The number of hydrogen-bond acceptors (Lipinski definition) is 3. The molecule has 1 aliphatic rings. The number of rotatable bonds is 3. The SMILES string of the molecule is NC(=O)C1(S(=O)(=O)c2ccccc2Br)CCCC1. The maximum absolute atomic E-state index is 12.7. The van der Waals surface area contributed by atoms with Gasteiger partial charge in [0, 0.05) is 4.47 Å². The minimum absolute atomic E-state index is 0.144. The van der Waals surface area contributed by atoms with Crippen LogP contribution in [-0.2, 0) is 14.6 Å². The van der Waals surface area contributed by atoms with Crippen molar-refractivity contribution in [1.29, 1.82) is 0 Å². The fourth-order valence-corrected chi connectivity index (χ4v) is 5.49. The molecule has 0 aromatic heterocycles. The van der Waals surface area contributed by atoms with Gasteiger partial charge in [-0.05, 0) is 40.9 Å². The summed E-state index contributed by atoms with van der Waals surface area (Å²) < 4.78 is 24.4. The smallest absolute Gasteiger partial charge is 0.239 e. The molecule has 0 unspecified atom stereocenters. The Morgan fingerprint density at radius 3 is 2.28 bits per heavy atom. The first kappa shape index (κ1) is 13.5. The Balaban J connectivity index is 2.61. The third kappa shape index (κ3) is 1.87. The van der Waals surface area contributed by atoms with E-state index in [0.29, 0.717) is 30.2 Å². The topological polar surface area (TPSA) is 77.2 Å². The van der Waals surface area contributed by atoms with Crippen molar-refractivity contribution in [3.63, 3.8) is 0 Å². The van der Waals surface area contributed by atoms with E-state index in [0.717, 1.165) is 0 Å². The normalized spacial score (nSPS) is 18.7. The predicted molar refractivity (Wildman–Crippen MR) is 71.7 cm³/mol. The molecule has 98 valence electrons. The minimum Gasteiger partial charge on any atom is -0.368 e. The van der Waals surface area contributed by atoms with Gasteiger partial charge in [0.05, 0.1) is 4.90 Å². The summed E-state index contributed by atoms with van der Waals surface area (Å²) in [6.07, 6.45) is 2.05. The highest BCUT2D eigenvalue weighted by Crippen LogP contribution is 2.41. The molecule has 2 rings (SSSR count). The van der Waals surface area contributed by atoms with Gasteiger partial charge in [-0.15, -0.1) is 0 Å². The molecule has 0 saturated heterocycles. The van der Waals surface area contributed by atoms with Gasteiger partial charge in [0.2, 0.25) is 5.91 Å². The number of nitrogens with two attached hydrogens (primary N) is 1. The van der Waals surface area contributed by atoms with Crippen LogP contribution in [0.4, 0.5) is 0 Å². The van der Waals surface area contributed by atoms with Gasteiger partial charge in [0.25, 0.3) is 0 Å². The molecule has 1 aliphatic carbocycles. The quantitative estimate of drug-likeness (QED) is 0.920. The second-order valence-corrected chi connectivity index (χ2v) is 7.58. The summed E-state index contributed by atoms with van der Waals surface area (Å²) in [5.41, 5.74) is 5.37. The Kier molecular flexibility index (Phi) is 3.51. The molecule has 0 bridgehead atoms. The molecule has 0 spiro atoms. The van der Waals surface area contributed by atoms with Crippen molar-refractivity contribution < 1.29 is 13.2 Å². The van der Waals surface area contributed by atoms with E-state index in [9.17, 15) is 13.2 Å². The molecule has 4 nitrogen and oxygen atoms in total. The lowest BCUT2D eigenvalue weighted by atomic mass is 10.1. The van der Waals surface area contributed by atoms with Gasteiger partial charge >= 0.3 is 0 Å². The Bertz CT molecular complexity index is 577. The first-order valence-corrected chi connectivity index (χ1v) is 7.98. The summed E-state index contributed by atoms with van der Waals surface area (Å²) in [6, 6.07) is 6.52. The molecule has 1 amide bonds. The van der Waals surface area contributed by atoms with Crippen LogP contribution in [0.5, 0.6) is 0 Å². The second-order valence-electron chi connectivity index (χ2n) is 4.50. The van der Waals surface area contributed by atoms with Crippen LogP contribution in [0.15, 0.2) is 33.6 Å². The molecule has 18 heavy (non-hydrogen) atoms. The van der Waals surface area contributed by atoms with E-state index in [-0.39, 0.29) is 4.90 Å². The summed E-state index contributed by atoms with van der Waals surface area (Å²) in [5, 5.41) is 0. The molecule has 0 atom stereocenters. The Morgan fingerprint density at radius 2 is 1.78 bits per heavy atom. The maximum Gasteiger partial charge on any atom is 0.239 e. The first-order chi connectivity index (χ1) is 8.42. The fraction of sp³-hybridized carbons (Fsp3) is 0.417. The van der Waals surface area contributed by atoms with Gasteiger partial charge in [0.15, 0.2) is 14.6 Å². The van der Waals surface area contributed by atoms with Gasteiger partial charge in [-0.2, -0.15) is 0 Å². The number of halogens is 1. The Morgan fingerprint density at radius 1 is 1.22 bits per heavy atom. The zero-order valence-corrected chi connectivity index (χ0v) is 12.1. The molecule has 1 saturated carbocycles. The van der Waals surface area contributed by atoms with Gasteiger partial charge in [-0.1, -0.05) is 25.0 Å². The highest BCUT2D eigenvalue weighted by atomic mass is 79.9. The lowest BCUT2D eigenvalue weighted by molar-refractivity contribution is -0.120. The maximum atomic E-state index is 12.7. The summed E-state index contributed by atoms with van der Waals surface area (Å²) in [6.45, 7) is 0. The highest BCUT2D eigenvalue weighted by Gasteiger charge is 2.52. The Hall–Kier alpha value is -0.880. The number of amides is 1. The van der Waals surface area contributed by atoms with E-state index < -0.39 is 20.5 Å². The van der Waals surface area contributed by atoms with Crippen LogP contribution in [0.3, 0.4) is 0 Å². The first-order valence-electron chi connectivity index (χ1n) is 5.71. The van der Waals surface area contributed by atoms with Crippen molar-refractivity contribution in [1.82, 2.24) is 0 Å². The van der Waals surface area contributed by atoms with Crippen molar-refractivity contribution in [2.75, 3.05) is 0 Å². The van der Waals surface area contributed by atoms with E-state index >= 15 is 0 Å². The summed E-state index contributed by atoms with van der Waals surface area (Å²) in [5.74, 6) is -0.740. The van der Waals surface area contributed by atoms with Gasteiger partial charge in [0.1, 0.15) is 0 Å². The van der Waals surface area contributed by atoms with Gasteiger partial charge in [-0.3, -0.25) is 4.79 Å². The highest BCUT2D eigenvalue weighted by molar-refractivity contribution is 9.10. The van der Waals surface area contributed by atoms with Crippen molar-refractivity contribution in [3.8, 4) is 0 Å². The van der Waals surface area contributed by atoms with Crippen LogP contribution in [0, 0.1) is 0 Å². The lowest BCUT2D eigenvalue weighted by Crippen LogP contribution is -2.48. The predicted octanol–water partition coefficient (Wildman–Crippen LogP) is 2.02. The van der Waals surface area contributed by atoms with Crippen LogP contribution < -0.4 is 5.73 Å². The molecule has 6 heteroatoms. The molecule has 1 aromatic carbocycles. The number of sulfone groups is 1. The molecule has 1 fully saturated rings. The van der Waals surface area contributed by atoms with Crippen molar-refractivity contribution in [2.24, 2.45) is 5.73 Å². The van der Waals surface area contributed by atoms with Crippen molar-refractivity contribution in [3.05, 3.63) is 28.7 Å². The summed E-state index contributed by atoms with van der Waals surface area (Å²) in [7, 11) is -3.75. The zero-order valence-electron chi connectivity index (χ0n) is 9.73. The lowest BCUT2D eigenvalue weighted by Gasteiger charge is -2.25. The molecule has 0 aliphatic heterocycles.